The number of carbonyl (C=O) groups is 1. The zero-order valence-electron chi connectivity index (χ0n) is 19.0. The molecule has 0 amide bonds. The summed E-state index contributed by atoms with van der Waals surface area (Å²) in [6.45, 7) is 0.929. The van der Waals surface area contributed by atoms with E-state index in [0.717, 1.165) is 6.07 Å². The van der Waals surface area contributed by atoms with Crippen molar-refractivity contribution in [1.29, 1.82) is 0 Å². The molecule has 202 valence electrons. The number of carboxylic acid groups (broad SMARTS) is 1. The van der Waals surface area contributed by atoms with Crippen molar-refractivity contribution in [2.24, 2.45) is 0 Å². The van der Waals surface area contributed by atoms with Crippen LogP contribution in [0, 0.1) is 18.6 Å². The predicted octanol–water partition coefficient (Wildman–Crippen LogP) is 5.61. The zero-order valence-corrected chi connectivity index (χ0v) is 19.0. The number of halogens is 8. The van der Waals surface area contributed by atoms with Gasteiger partial charge in [0.05, 0.1) is 23.1 Å². The van der Waals surface area contributed by atoms with Gasteiger partial charge in [0.25, 0.3) is 0 Å². The maximum atomic E-state index is 14.3. The number of aliphatic carboxylic acids is 1. The minimum absolute atomic E-state index is 0.0546. The average molecular weight is 540 g/mol. The van der Waals surface area contributed by atoms with Crippen molar-refractivity contribution in [3.63, 3.8) is 0 Å². The van der Waals surface area contributed by atoms with Crippen molar-refractivity contribution in [3.8, 4) is 11.4 Å². The first-order chi connectivity index (χ1) is 17.2. The fourth-order valence-electron chi connectivity index (χ4n) is 3.01. The minimum atomic E-state index is -5.08. The standard InChI is InChI=1S/C21H19F5N2O2.C2HF3O2/c1-13-4-6-15(11-27-13)28-9-8-16(21(24,25)26)17(28)12-30-18-7-5-14(3-2-10-29)19(22)20(18)23;3-2(4,5)1(6)7/h4-9,11,29H,2-3,10,12H2,1H3;(H,6,7). The summed E-state index contributed by atoms with van der Waals surface area (Å²) in [5, 5.41) is 15.9. The molecule has 0 spiro atoms. The third kappa shape index (κ3) is 7.90. The van der Waals surface area contributed by atoms with Crippen molar-refractivity contribution in [3.05, 3.63) is 76.9 Å². The molecule has 37 heavy (non-hydrogen) atoms. The molecule has 0 atom stereocenters. The molecular formula is C23H20F8N2O4. The number of ether oxygens (including phenoxy) is 1. The van der Waals surface area contributed by atoms with Crippen molar-refractivity contribution in [2.75, 3.05) is 6.61 Å². The Morgan fingerprint density at radius 2 is 1.68 bits per heavy atom. The lowest BCUT2D eigenvalue weighted by Crippen LogP contribution is -2.21. The number of nitrogens with zero attached hydrogens (tertiary/aromatic N) is 2. The Morgan fingerprint density at radius 1 is 1.03 bits per heavy atom. The summed E-state index contributed by atoms with van der Waals surface area (Å²) in [7, 11) is 0. The van der Waals surface area contributed by atoms with E-state index in [4.69, 9.17) is 19.7 Å². The quantitative estimate of drug-likeness (QED) is 0.381. The van der Waals surface area contributed by atoms with Gasteiger partial charge in [-0.2, -0.15) is 30.7 Å². The molecular weight excluding hydrogens is 520 g/mol. The number of alkyl halides is 6. The summed E-state index contributed by atoms with van der Waals surface area (Å²) < 4.78 is 107. The first kappa shape index (κ1) is 29.5. The molecule has 2 heterocycles. The molecule has 0 radical (unpaired) electrons. The van der Waals surface area contributed by atoms with Crippen LogP contribution < -0.4 is 4.74 Å². The van der Waals surface area contributed by atoms with E-state index < -0.39 is 47.9 Å². The van der Waals surface area contributed by atoms with Crippen molar-refractivity contribution >= 4 is 5.97 Å². The van der Waals surface area contributed by atoms with Gasteiger partial charge in [-0.3, -0.25) is 4.98 Å². The average Bonchev–Trinajstić information content (AvgIpc) is 3.24. The third-order valence-corrected chi connectivity index (χ3v) is 4.81. The zero-order chi connectivity index (χ0) is 28.0. The predicted molar refractivity (Wildman–Crippen MR) is 113 cm³/mol. The van der Waals surface area contributed by atoms with Gasteiger partial charge in [-0.1, -0.05) is 6.07 Å². The molecule has 3 rings (SSSR count). The highest BCUT2D eigenvalue weighted by Crippen LogP contribution is 2.35. The molecule has 0 saturated carbocycles. The Balaban J connectivity index is 0.000000604. The van der Waals surface area contributed by atoms with Gasteiger partial charge in [-0.05, 0) is 49.6 Å². The van der Waals surface area contributed by atoms with E-state index in [1.807, 2.05) is 0 Å². The molecule has 2 N–H and O–H groups in total. The fourth-order valence-corrected chi connectivity index (χ4v) is 3.01. The molecule has 0 bridgehead atoms. The lowest BCUT2D eigenvalue weighted by atomic mass is 10.1. The lowest BCUT2D eigenvalue weighted by molar-refractivity contribution is -0.192. The SMILES string of the molecule is Cc1ccc(-n2ccc(C(F)(F)F)c2COc2ccc(CCCO)c(F)c2F)cn1.O=C(O)C(F)(F)F. The van der Waals surface area contributed by atoms with E-state index >= 15 is 0 Å². The second kappa shape index (κ2) is 12.0. The molecule has 14 heteroatoms. The third-order valence-electron chi connectivity index (χ3n) is 4.81. The van der Waals surface area contributed by atoms with Gasteiger partial charge in [-0.25, -0.2) is 9.18 Å². The summed E-state index contributed by atoms with van der Waals surface area (Å²) in [6, 6.07) is 6.60. The fraction of sp³-hybridized carbons (Fsp3) is 0.304. The van der Waals surface area contributed by atoms with Crippen molar-refractivity contribution in [2.45, 2.75) is 38.7 Å². The van der Waals surface area contributed by atoms with E-state index in [1.54, 1.807) is 19.1 Å². The molecule has 0 aliphatic rings. The summed E-state index contributed by atoms with van der Waals surface area (Å²) in [5.41, 5.74) is -0.0842. The molecule has 6 nitrogen and oxygen atoms in total. The maximum Gasteiger partial charge on any atom is 0.490 e. The molecule has 0 fully saturated rings. The van der Waals surface area contributed by atoms with Crippen LogP contribution in [0.1, 0.15) is 28.9 Å². The summed E-state index contributed by atoms with van der Waals surface area (Å²) in [6.07, 6.45) is -6.72. The van der Waals surface area contributed by atoms with Crippen LogP contribution in [0.25, 0.3) is 5.69 Å². The second-order valence-corrected chi connectivity index (χ2v) is 7.47. The van der Waals surface area contributed by atoms with E-state index in [9.17, 15) is 35.1 Å². The highest BCUT2D eigenvalue weighted by molar-refractivity contribution is 5.73. The molecule has 0 aliphatic carbocycles. The summed E-state index contributed by atoms with van der Waals surface area (Å²) in [5.74, 6) is -5.68. The summed E-state index contributed by atoms with van der Waals surface area (Å²) in [4.78, 5) is 13.0. The second-order valence-electron chi connectivity index (χ2n) is 7.47. The van der Waals surface area contributed by atoms with Crippen LogP contribution in [0.5, 0.6) is 5.75 Å². The van der Waals surface area contributed by atoms with Crippen LogP contribution in [-0.2, 0) is 24.0 Å². The van der Waals surface area contributed by atoms with Crippen LogP contribution >= 0.6 is 0 Å². The topological polar surface area (TPSA) is 84.6 Å². The minimum Gasteiger partial charge on any atom is -0.484 e. The van der Waals surface area contributed by atoms with Gasteiger partial charge in [0.1, 0.15) is 6.61 Å². The van der Waals surface area contributed by atoms with Gasteiger partial charge in [0, 0.05) is 18.5 Å². The Hall–Kier alpha value is -3.68. The van der Waals surface area contributed by atoms with E-state index in [2.05, 4.69) is 4.98 Å². The number of carboxylic acids is 1. The smallest absolute Gasteiger partial charge is 0.484 e. The largest absolute Gasteiger partial charge is 0.490 e. The first-order valence-electron chi connectivity index (χ1n) is 10.4. The summed E-state index contributed by atoms with van der Waals surface area (Å²) >= 11 is 0. The van der Waals surface area contributed by atoms with Gasteiger partial charge in [0.15, 0.2) is 11.6 Å². The number of hydrogen-bond donors (Lipinski definition) is 2. The van der Waals surface area contributed by atoms with Crippen molar-refractivity contribution in [1.82, 2.24) is 9.55 Å². The van der Waals surface area contributed by atoms with Gasteiger partial charge < -0.3 is 19.5 Å². The van der Waals surface area contributed by atoms with Gasteiger partial charge in [0.2, 0.25) is 5.82 Å². The Labute approximate surface area is 204 Å². The van der Waals surface area contributed by atoms with Crippen molar-refractivity contribution < 1.29 is 54.9 Å². The normalized spacial score (nSPS) is 11.6. The lowest BCUT2D eigenvalue weighted by Gasteiger charge is -2.15. The van der Waals surface area contributed by atoms with E-state index in [1.165, 1.54) is 29.1 Å². The number of aliphatic hydroxyl groups excluding tert-OH is 1. The molecule has 0 aliphatic heterocycles. The number of benzene rings is 1. The number of pyridine rings is 1. The van der Waals surface area contributed by atoms with Crippen LogP contribution in [-0.4, -0.2) is 38.5 Å². The van der Waals surface area contributed by atoms with E-state index in [0.29, 0.717) is 11.4 Å². The number of rotatable bonds is 7. The number of aliphatic hydroxyl groups is 1. The monoisotopic (exact) mass is 540 g/mol. The maximum absolute atomic E-state index is 14.3. The molecule has 1 aromatic carbocycles. The highest BCUT2D eigenvalue weighted by atomic mass is 19.4. The van der Waals surface area contributed by atoms with Crippen LogP contribution in [0.15, 0.2) is 42.7 Å². The molecule has 3 aromatic rings. The number of aromatic nitrogens is 2. The van der Waals surface area contributed by atoms with Gasteiger partial charge >= 0.3 is 18.3 Å². The number of hydrogen-bond acceptors (Lipinski definition) is 4. The molecule has 0 unspecified atom stereocenters. The van der Waals surface area contributed by atoms with Crippen LogP contribution in [0.3, 0.4) is 0 Å². The highest BCUT2D eigenvalue weighted by Gasteiger charge is 2.38. The molecule has 0 saturated heterocycles. The van der Waals surface area contributed by atoms with Crippen LogP contribution in [0.4, 0.5) is 35.1 Å². The van der Waals surface area contributed by atoms with Gasteiger partial charge in [-0.15, -0.1) is 0 Å². The van der Waals surface area contributed by atoms with Crippen LogP contribution in [0.2, 0.25) is 0 Å². The first-order valence-corrected chi connectivity index (χ1v) is 10.4. The Morgan fingerprint density at radius 3 is 2.19 bits per heavy atom. The number of aryl methyl sites for hydroxylation is 2. The Kier molecular flexibility index (Phi) is 9.61. The molecule has 2 aromatic heterocycles. The van der Waals surface area contributed by atoms with E-state index in [-0.39, 0.29) is 30.7 Å². The Bertz CT molecular complexity index is 1210.